The third-order valence-corrected chi connectivity index (χ3v) is 5.00. The van der Waals surface area contributed by atoms with Crippen LogP contribution in [0.15, 0.2) is 42.6 Å². The fourth-order valence-electron chi connectivity index (χ4n) is 3.48. The lowest BCUT2D eigenvalue weighted by Gasteiger charge is -2.26. The molecule has 1 saturated heterocycles. The molecule has 7 heteroatoms. The van der Waals surface area contributed by atoms with Gasteiger partial charge in [0, 0.05) is 25.8 Å². The zero-order valence-electron chi connectivity index (χ0n) is 16.8. The first-order valence-corrected chi connectivity index (χ1v) is 9.63. The van der Waals surface area contributed by atoms with Crippen LogP contribution >= 0.6 is 0 Å². The van der Waals surface area contributed by atoms with E-state index < -0.39 is 0 Å². The SMILES string of the molecule is COc1cccc([C@H](CNC(=O)Nc2cccnc2N2CCCC2)N(C)C)c1. The van der Waals surface area contributed by atoms with E-state index in [1.807, 2.05) is 50.5 Å². The summed E-state index contributed by atoms with van der Waals surface area (Å²) < 4.78 is 5.32. The van der Waals surface area contributed by atoms with Crippen molar-refractivity contribution in [2.75, 3.05) is 51.1 Å². The Labute approximate surface area is 166 Å². The summed E-state index contributed by atoms with van der Waals surface area (Å²) in [6.07, 6.45) is 4.09. The van der Waals surface area contributed by atoms with E-state index in [-0.39, 0.29) is 12.1 Å². The van der Waals surface area contributed by atoms with Crippen molar-refractivity contribution in [3.8, 4) is 5.75 Å². The molecule has 0 spiro atoms. The van der Waals surface area contributed by atoms with Crippen LogP contribution in [0.1, 0.15) is 24.4 Å². The second-order valence-electron chi connectivity index (χ2n) is 7.16. The van der Waals surface area contributed by atoms with Crippen LogP contribution in [0.5, 0.6) is 5.75 Å². The Morgan fingerprint density at radius 3 is 2.75 bits per heavy atom. The monoisotopic (exact) mass is 383 g/mol. The molecule has 0 unspecified atom stereocenters. The van der Waals surface area contributed by atoms with E-state index >= 15 is 0 Å². The summed E-state index contributed by atoms with van der Waals surface area (Å²) in [4.78, 5) is 21.3. The highest BCUT2D eigenvalue weighted by Gasteiger charge is 2.19. The lowest BCUT2D eigenvalue weighted by Crippen LogP contribution is -2.37. The number of nitrogens with zero attached hydrogens (tertiary/aromatic N) is 3. The maximum Gasteiger partial charge on any atom is 0.319 e. The zero-order chi connectivity index (χ0) is 19.9. The molecule has 7 nitrogen and oxygen atoms in total. The van der Waals surface area contributed by atoms with Gasteiger partial charge in [-0.05, 0) is 56.8 Å². The number of aromatic nitrogens is 1. The third kappa shape index (κ3) is 4.92. The van der Waals surface area contributed by atoms with Crippen LogP contribution in [0.25, 0.3) is 0 Å². The van der Waals surface area contributed by atoms with Gasteiger partial charge in [0.05, 0.1) is 18.8 Å². The van der Waals surface area contributed by atoms with Gasteiger partial charge in [0.1, 0.15) is 5.75 Å². The van der Waals surface area contributed by atoms with Crippen molar-refractivity contribution >= 4 is 17.5 Å². The van der Waals surface area contributed by atoms with Crippen molar-refractivity contribution in [1.82, 2.24) is 15.2 Å². The van der Waals surface area contributed by atoms with Crippen molar-refractivity contribution in [3.63, 3.8) is 0 Å². The van der Waals surface area contributed by atoms with Gasteiger partial charge < -0.3 is 25.2 Å². The van der Waals surface area contributed by atoms with Crippen LogP contribution in [0.2, 0.25) is 0 Å². The molecule has 2 amide bonds. The zero-order valence-corrected chi connectivity index (χ0v) is 16.8. The highest BCUT2D eigenvalue weighted by Crippen LogP contribution is 2.26. The Balaban J connectivity index is 1.64. The number of pyridine rings is 1. The van der Waals surface area contributed by atoms with Crippen LogP contribution in [0.3, 0.4) is 0 Å². The number of ether oxygens (including phenoxy) is 1. The first kappa shape index (κ1) is 19.9. The average Bonchev–Trinajstić information content (AvgIpc) is 3.23. The summed E-state index contributed by atoms with van der Waals surface area (Å²) in [6.45, 7) is 2.43. The smallest absolute Gasteiger partial charge is 0.319 e. The summed E-state index contributed by atoms with van der Waals surface area (Å²) in [6, 6.07) is 11.5. The highest BCUT2D eigenvalue weighted by atomic mass is 16.5. The molecule has 1 fully saturated rings. The number of amides is 2. The second-order valence-corrected chi connectivity index (χ2v) is 7.16. The fraction of sp³-hybridized carbons (Fsp3) is 0.429. The van der Waals surface area contributed by atoms with Gasteiger partial charge in [-0.3, -0.25) is 0 Å². The van der Waals surface area contributed by atoms with Gasteiger partial charge in [-0.2, -0.15) is 0 Å². The number of anilines is 2. The van der Waals surface area contributed by atoms with E-state index in [2.05, 4.69) is 25.4 Å². The molecule has 1 aliphatic rings. The quantitative estimate of drug-likeness (QED) is 0.769. The molecule has 1 aromatic heterocycles. The minimum atomic E-state index is -0.233. The third-order valence-electron chi connectivity index (χ3n) is 5.00. The molecule has 0 bridgehead atoms. The molecule has 3 rings (SSSR count). The molecule has 1 aromatic carbocycles. The maximum absolute atomic E-state index is 12.5. The molecule has 1 aliphatic heterocycles. The Morgan fingerprint density at radius 1 is 1.25 bits per heavy atom. The van der Waals surface area contributed by atoms with Gasteiger partial charge in [-0.25, -0.2) is 9.78 Å². The number of carbonyl (C=O) groups excluding carboxylic acids is 1. The predicted molar refractivity (Wildman–Crippen MR) is 112 cm³/mol. The molecule has 0 aliphatic carbocycles. The first-order chi connectivity index (χ1) is 13.6. The van der Waals surface area contributed by atoms with Crippen molar-refractivity contribution in [2.45, 2.75) is 18.9 Å². The number of methoxy groups -OCH3 is 1. The number of rotatable bonds is 7. The second kappa shape index (κ2) is 9.41. The first-order valence-electron chi connectivity index (χ1n) is 9.63. The molecule has 0 saturated carbocycles. The fourth-order valence-corrected chi connectivity index (χ4v) is 3.48. The van der Waals surface area contributed by atoms with Crippen LogP contribution in [-0.2, 0) is 0 Å². The number of benzene rings is 1. The highest BCUT2D eigenvalue weighted by molar-refractivity contribution is 5.92. The van der Waals surface area contributed by atoms with Gasteiger partial charge >= 0.3 is 6.03 Å². The van der Waals surface area contributed by atoms with Crippen molar-refractivity contribution < 1.29 is 9.53 Å². The Morgan fingerprint density at radius 2 is 2.04 bits per heavy atom. The minimum Gasteiger partial charge on any atom is -0.497 e. The van der Waals surface area contributed by atoms with E-state index in [0.717, 1.165) is 48.7 Å². The average molecular weight is 383 g/mol. The van der Waals surface area contributed by atoms with Crippen molar-refractivity contribution in [1.29, 1.82) is 0 Å². The number of urea groups is 1. The molecule has 150 valence electrons. The number of hydrogen-bond donors (Lipinski definition) is 2. The Bertz CT molecular complexity index is 790. The summed E-state index contributed by atoms with van der Waals surface area (Å²) in [7, 11) is 5.65. The van der Waals surface area contributed by atoms with Crippen LogP contribution < -0.4 is 20.3 Å². The predicted octanol–water partition coefficient (Wildman–Crippen LogP) is 3.11. The standard InChI is InChI=1S/C21H29N5O2/c1-25(2)19(16-8-6-9-17(14-16)28-3)15-23-21(27)24-18-10-7-11-22-20(18)26-12-4-5-13-26/h6-11,14,19H,4-5,12-13,15H2,1-3H3,(H2,23,24,27)/t19-/m0/s1. The summed E-state index contributed by atoms with van der Waals surface area (Å²) in [5, 5.41) is 5.95. The topological polar surface area (TPSA) is 69.7 Å². The van der Waals surface area contributed by atoms with Crippen molar-refractivity contribution in [3.05, 3.63) is 48.2 Å². The number of carbonyl (C=O) groups is 1. The van der Waals surface area contributed by atoms with Crippen molar-refractivity contribution in [2.24, 2.45) is 0 Å². The van der Waals surface area contributed by atoms with Crippen LogP contribution in [0, 0.1) is 0 Å². The normalized spacial score (nSPS) is 14.8. The number of likely N-dealkylation sites (N-methyl/N-ethyl adjacent to an activating group) is 1. The molecule has 2 aromatic rings. The number of nitrogens with one attached hydrogen (secondary N) is 2. The molecule has 0 radical (unpaired) electrons. The maximum atomic E-state index is 12.5. The Hall–Kier alpha value is -2.80. The molecular formula is C21H29N5O2. The van der Waals surface area contributed by atoms with Gasteiger partial charge in [0.25, 0.3) is 0 Å². The van der Waals surface area contributed by atoms with Crippen LogP contribution in [-0.4, -0.2) is 56.8 Å². The number of hydrogen-bond acceptors (Lipinski definition) is 5. The van der Waals surface area contributed by atoms with E-state index in [9.17, 15) is 4.79 Å². The molecule has 28 heavy (non-hydrogen) atoms. The van der Waals surface area contributed by atoms with E-state index in [4.69, 9.17) is 4.74 Å². The molecule has 2 heterocycles. The Kier molecular flexibility index (Phi) is 6.71. The minimum absolute atomic E-state index is 0.0350. The largest absolute Gasteiger partial charge is 0.497 e. The van der Waals surface area contributed by atoms with Gasteiger partial charge in [-0.1, -0.05) is 12.1 Å². The molecular weight excluding hydrogens is 354 g/mol. The lowest BCUT2D eigenvalue weighted by atomic mass is 10.1. The van der Waals surface area contributed by atoms with E-state index in [1.165, 1.54) is 0 Å². The summed E-state index contributed by atoms with van der Waals surface area (Å²) in [5.41, 5.74) is 1.83. The van der Waals surface area contributed by atoms with Gasteiger partial charge in [0.2, 0.25) is 0 Å². The van der Waals surface area contributed by atoms with E-state index in [0.29, 0.717) is 6.54 Å². The molecule has 1 atom stereocenters. The summed E-state index contributed by atoms with van der Waals surface area (Å²) >= 11 is 0. The van der Waals surface area contributed by atoms with Crippen LogP contribution in [0.4, 0.5) is 16.3 Å². The van der Waals surface area contributed by atoms with Gasteiger partial charge in [-0.15, -0.1) is 0 Å². The lowest BCUT2D eigenvalue weighted by molar-refractivity contribution is 0.243. The molecule has 2 N–H and O–H groups in total. The summed E-state index contributed by atoms with van der Waals surface area (Å²) in [5.74, 6) is 1.64. The van der Waals surface area contributed by atoms with E-state index in [1.54, 1.807) is 13.3 Å². The van der Waals surface area contributed by atoms with Gasteiger partial charge in [0.15, 0.2) is 5.82 Å².